The summed E-state index contributed by atoms with van der Waals surface area (Å²) in [6, 6.07) is 7.63. The molecule has 0 saturated carbocycles. The third-order valence-electron chi connectivity index (χ3n) is 3.17. The van der Waals surface area contributed by atoms with Crippen molar-refractivity contribution >= 4 is 22.6 Å². The minimum absolute atomic E-state index is 0.249. The van der Waals surface area contributed by atoms with E-state index < -0.39 is 11.8 Å². The Morgan fingerprint density at radius 2 is 1.89 bits per heavy atom. The summed E-state index contributed by atoms with van der Waals surface area (Å²) in [5.74, 6) is 0. The maximum Gasteiger partial charge on any atom is 0.418 e. The minimum atomic E-state index is -4.55. The van der Waals surface area contributed by atoms with E-state index in [0.717, 1.165) is 9.13 Å². The summed E-state index contributed by atoms with van der Waals surface area (Å²) >= 11 is 2.17. The topological polar surface area (TPSA) is 23.5 Å². The van der Waals surface area contributed by atoms with Gasteiger partial charge in [-0.05, 0) is 46.7 Å². The molecule has 0 radical (unpaired) electrons. The Morgan fingerprint density at radius 1 is 1.28 bits per heavy atom. The van der Waals surface area contributed by atoms with Gasteiger partial charge in [0.1, 0.15) is 0 Å². The Morgan fingerprint density at radius 3 is 2.39 bits per heavy atom. The van der Waals surface area contributed by atoms with Crippen molar-refractivity contribution in [1.29, 1.82) is 0 Å². The Hall–Kier alpha value is -0.340. The van der Waals surface area contributed by atoms with Crippen molar-refractivity contribution in [3.05, 3.63) is 33.4 Å². The minimum Gasteiger partial charge on any atom is -0.379 e. The number of hydrogen-bond donors (Lipinski definition) is 1. The Balaban J connectivity index is 2.00. The van der Waals surface area contributed by atoms with E-state index in [1.807, 2.05) is 24.3 Å². The van der Waals surface area contributed by atoms with Crippen molar-refractivity contribution in [2.45, 2.75) is 24.7 Å². The van der Waals surface area contributed by atoms with Gasteiger partial charge in [0.25, 0.3) is 0 Å². The lowest BCUT2D eigenvalue weighted by Crippen LogP contribution is -2.47. The van der Waals surface area contributed by atoms with Gasteiger partial charge in [0.15, 0.2) is 5.60 Å². The highest BCUT2D eigenvalue weighted by Crippen LogP contribution is 2.37. The Bertz CT molecular complexity index is 420. The van der Waals surface area contributed by atoms with E-state index >= 15 is 0 Å². The van der Waals surface area contributed by atoms with Gasteiger partial charge in [0.05, 0.1) is 0 Å². The van der Waals surface area contributed by atoms with Gasteiger partial charge in [-0.15, -0.1) is 0 Å². The number of rotatable bonds is 2. The summed E-state index contributed by atoms with van der Waals surface area (Å²) in [6.45, 7) is 0.361. The third-order valence-corrected chi connectivity index (χ3v) is 3.89. The van der Waals surface area contributed by atoms with Crippen LogP contribution in [0.15, 0.2) is 24.3 Å². The fraction of sp³-hybridized carbons (Fsp3) is 0.500. The first-order chi connectivity index (χ1) is 8.30. The van der Waals surface area contributed by atoms with Crippen LogP contribution in [0.25, 0.3) is 0 Å². The molecule has 1 aliphatic heterocycles. The largest absolute Gasteiger partial charge is 0.418 e. The fourth-order valence-electron chi connectivity index (χ4n) is 2.09. The van der Waals surface area contributed by atoms with Crippen LogP contribution in [-0.2, 0) is 6.54 Å². The quantitative estimate of drug-likeness (QED) is 0.809. The molecule has 1 fully saturated rings. The number of β-amino-alcohol motifs (C(OH)–C–C–N with tert-alkyl or cyclic N) is 1. The molecule has 2 rings (SSSR count). The lowest BCUT2D eigenvalue weighted by atomic mass is 10.0. The maximum absolute atomic E-state index is 12.6. The average Bonchev–Trinajstić information content (AvgIpc) is 2.64. The number of hydrogen-bond acceptors (Lipinski definition) is 2. The highest BCUT2D eigenvalue weighted by atomic mass is 127. The van der Waals surface area contributed by atoms with Crippen LogP contribution in [0.2, 0.25) is 0 Å². The summed E-state index contributed by atoms with van der Waals surface area (Å²) in [7, 11) is 0. The first-order valence-electron chi connectivity index (χ1n) is 5.56. The molecule has 1 unspecified atom stereocenters. The SMILES string of the molecule is OC1(C(F)(F)F)CCN(Cc2ccc(I)cc2)C1. The molecule has 1 atom stereocenters. The Kier molecular flexibility index (Phi) is 3.89. The van der Waals surface area contributed by atoms with Crippen molar-refractivity contribution in [2.24, 2.45) is 0 Å². The third kappa shape index (κ3) is 2.97. The van der Waals surface area contributed by atoms with Gasteiger partial charge >= 0.3 is 6.18 Å². The van der Waals surface area contributed by atoms with Gasteiger partial charge in [-0.1, -0.05) is 12.1 Å². The second-order valence-corrected chi connectivity index (χ2v) is 5.86. The lowest BCUT2D eigenvalue weighted by Gasteiger charge is -2.26. The van der Waals surface area contributed by atoms with Gasteiger partial charge in [-0.3, -0.25) is 4.90 Å². The first-order valence-corrected chi connectivity index (χ1v) is 6.64. The summed E-state index contributed by atoms with van der Waals surface area (Å²) in [6.07, 6.45) is -4.80. The Labute approximate surface area is 117 Å². The molecule has 18 heavy (non-hydrogen) atoms. The lowest BCUT2D eigenvalue weighted by molar-refractivity contribution is -0.254. The smallest absolute Gasteiger partial charge is 0.379 e. The molecule has 1 N–H and O–H groups in total. The second-order valence-electron chi connectivity index (χ2n) is 4.62. The van der Waals surface area contributed by atoms with Crippen LogP contribution in [-0.4, -0.2) is 34.9 Å². The van der Waals surface area contributed by atoms with E-state index in [4.69, 9.17) is 0 Å². The highest BCUT2D eigenvalue weighted by molar-refractivity contribution is 14.1. The van der Waals surface area contributed by atoms with Crippen molar-refractivity contribution in [2.75, 3.05) is 13.1 Å². The molecule has 1 aliphatic rings. The van der Waals surface area contributed by atoms with Crippen molar-refractivity contribution in [3.8, 4) is 0 Å². The predicted octanol–water partition coefficient (Wildman–Crippen LogP) is 2.79. The molecule has 0 spiro atoms. The van der Waals surface area contributed by atoms with E-state index in [9.17, 15) is 18.3 Å². The molecule has 100 valence electrons. The normalized spacial score (nSPS) is 25.6. The fourth-order valence-corrected chi connectivity index (χ4v) is 2.45. The molecule has 0 amide bonds. The molecule has 1 heterocycles. The van der Waals surface area contributed by atoms with Gasteiger partial charge in [-0.2, -0.15) is 13.2 Å². The molecule has 1 aromatic carbocycles. The van der Waals surface area contributed by atoms with E-state index in [1.54, 1.807) is 4.90 Å². The monoisotopic (exact) mass is 371 g/mol. The summed E-state index contributed by atoms with van der Waals surface area (Å²) in [5.41, 5.74) is -1.59. The van der Waals surface area contributed by atoms with E-state index in [1.165, 1.54) is 0 Å². The van der Waals surface area contributed by atoms with Gasteiger partial charge in [0.2, 0.25) is 0 Å². The van der Waals surface area contributed by atoms with E-state index in [2.05, 4.69) is 22.6 Å². The maximum atomic E-state index is 12.6. The molecule has 6 heteroatoms. The molecular formula is C12H13F3INO. The molecule has 0 aromatic heterocycles. The van der Waals surface area contributed by atoms with E-state index in [0.29, 0.717) is 6.54 Å². The van der Waals surface area contributed by atoms with Crippen LogP contribution in [0.5, 0.6) is 0 Å². The van der Waals surface area contributed by atoms with Crippen LogP contribution < -0.4 is 0 Å². The highest BCUT2D eigenvalue weighted by Gasteiger charge is 2.56. The van der Waals surface area contributed by atoms with Crippen LogP contribution in [0.4, 0.5) is 13.2 Å². The molecular weight excluding hydrogens is 358 g/mol. The first kappa shape index (κ1) is 14.1. The standard InChI is InChI=1S/C12H13F3INO/c13-12(14,15)11(18)5-6-17(8-11)7-9-1-3-10(16)4-2-9/h1-4,18H,5-8H2. The van der Waals surface area contributed by atoms with Crippen LogP contribution in [0.3, 0.4) is 0 Å². The van der Waals surface area contributed by atoms with Crippen LogP contribution >= 0.6 is 22.6 Å². The number of benzene rings is 1. The van der Waals surface area contributed by atoms with E-state index in [-0.39, 0.29) is 19.5 Å². The van der Waals surface area contributed by atoms with Crippen molar-refractivity contribution < 1.29 is 18.3 Å². The second kappa shape index (κ2) is 4.97. The van der Waals surface area contributed by atoms with Crippen molar-refractivity contribution in [3.63, 3.8) is 0 Å². The zero-order chi connectivity index (χ0) is 13.4. The predicted molar refractivity (Wildman–Crippen MR) is 70.1 cm³/mol. The number of aliphatic hydroxyl groups is 1. The number of nitrogens with zero attached hydrogens (tertiary/aromatic N) is 1. The number of halogens is 4. The molecule has 2 nitrogen and oxygen atoms in total. The molecule has 1 aromatic rings. The summed E-state index contributed by atoms with van der Waals surface area (Å²) < 4.78 is 39.0. The van der Waals surface area contributed by atoms with Gasteiger partial charge in [-0.25, -0.2) is 0 Å². The van der Waals surface area contributed by atoms with Gasteiger partial charge in [0, 0.05) is 23.2 Å². The molecule has 0 aliphatic carbocycles. The van der Waals surface area contributed by atoms with Crippen LogP contribution in [0, 0.1) is 3.57 Å². The molecule has 1 saturated heterocycles. The summed E-state index contributed by atoms with van der Waals surface area (Å²) in [4.78, 5) is 1.63. The average molecular weight is 371 g/mol. The molecule has 0 bridgehead atoms. The number of alkyl halides is 3. The zero-order valence-corrected chi connectivity index (χ0v) is 11.7. The van der Waals surface area contributed by atoms with Crippen molar-refractivity contribution in [1.82, 2.24) is 4.90 Å². The van der Waals surface area contributed by atoms with Gasteiger partial charge < -0.3 is 5.11 Å². The zero-order valence-electron chi connectivity index (χ0n) is 9.54. The summed E-state index contributed by atoms with van der Waals surface area (Å²) in [5, 5.41) is 9.55. The van der Waals surface area contributed by atoms with Crippen LogP contribution in [0.1, 0.15) is 12.0 Å². The number of likely N-dealkylation sites (tertiary alicyclic amines) is 1.